The van der Waals surface area contributed by atoms with Gasteiger partial charge >= 0.3 is 0 Å². The number of benzene rings is 1. The van der Waals surface area contributed by atoms with Gasteiger partial charge in [-0.1, -0.05) is 30.3 Å². The highest BCUT2D eigenvalue weighted by Gasteiger charge is 2.09. The molecule has 3 aromatic rings. The summed E-state index contributed by atoms with van der Waals surface area (Å²) in [6.45, 7) is 0.670. The molecule has 0 amide bonds. The van der Waals surface area contributed by atoms with E-state index in [0.717, 1.165) is 5.56 Å². The predicted molar refractivity (Wildman–Crippen MR) is 73.1 cm³/mol. The second-order valence-corrected chi connectivity index (χ2v) is 4.36. The molecule has 0 aliphatic rings. The molecule has 6 heteroatoms. The van der Waals surface area contributed by atoms with Gasteiger partial charge in [-0.05, 0) is 5.56 Å². The molecule has 2 aromatic heterocycles. The van der Waals surface area contributed by atoms with Crippen LogP contribution in [0, 0.1) is 0 Å². The maximum atomic E-state index is 11.8. The Morgan fingerprint density at radius 2 is 2.05 bits per heavy atom. The Labute approximate surface area is 109 Å². The first-order valence-corrected chi connectivity index (χ1v) is 5.92. The topological polar surface area (TPSA) is 77.7 Å². The van der Waals surface area contributed by atoms with E-state index in [-0.39, 0.29) is 5.56 Å². The Kier molecular flexibility index (Phi) is 2.75. The lowest BCUT2D eigenvalue weighted by atomic mass is 10.2. The van der Waals surface area contributed by atoms with Gasteiger partial charge in [-0.25, -0.2) is 0 Å². The molecule has 0 saturated carbocycles. The fourth-order valence-electron chi connectivity index (χ4n) is 1.95. The van der Waals surface area contributed by atoms with Gasteiger partial charge in [0.1, 0.15) is 5.39 Å². The van der Waals surface area contributed by atoms with Crippen molar-refractivity contribution in [3.8, 4) is 0 Å². The lowest BCUT2D eigenvalue weighted by Gasteiger charge is -2.17. The molecule has 0 unspecified atom stereocenters. The van der Waals surface area contributed by atoms with Crippen molar-refractivity contribution >= 4 is 17.0 Å². The van der Waals surface area contributed by atoms with Crippen LogP contribution in [0.5, 0.6) is 0 Å². The average Bonchev–Trinajstić information content (AvgIpc) is 2.88. The summed E-state index contributed by atoms with van der Waals surface area (Å²) in [6.07, 6.45) is 1.47. The van der Waals surface area contributed by atoms with Crippen molar-refractivity contribution in [2.75, 3.05) is 11.9 Å². The first-order chi connectivity index (χ1) is 9.24. The van der Waals surface area contributed by atoms with Crippen LogP contribution in [0.1, 0.15) is 5.56 Å². The third-order valence-electron chi connectivity index (χ3n) is 2.93. The van der Waals surface area contributed by atoms with Crippen molar-refractivity contribution in [3.63, 3.8) is 0 Å². The minimum atomic E-state index is -0.186. The van der Waals surface area contributed by atoms with Crippen molar-refractivity contribution in [1.82, 2.24) is 20.2 Å². The van der Waals surface area contributed by atoms with Gasteiger partial charge in [-0.15, -0.1) is 0 Å². The van der Waals surface area contributed by atoms with Crippen molar-refractivity contribution in [2.24, 2.45) is 0 Å². The molecule has 0 radical (unpaired) electrons. The van der Waals surface area contributed by atoms with Gasteiger partial charge in [0.05, 0.1) is 6.20 Å². The molecule has 0 bridgehead atoms. The standard InChI is InChI=1S/C13H13N5O/c1-18(8-9-5-3-2-4-6-9)13-15-11-10(7-14-17-11)12(19)16-13/h2-7H,8H2,1H3,(H2,14,15,16,17,19). The van der Waals surface area contributed by atoms with Crippen LogP contribution < -0.4 is 10.5 Å². The molecule has 0 fully saturated rings. The number of nitrogens with one attached hydrogen (secondary N) is 2. The summed E-state index contributed by atoms with van der Waals surface area (Å²) in [4.78, 5) is 20.8. The van der Waals surface area contributed by atoms with Crippen molar-refractivity contribution in [1.29, 1.82) is 0 Å². The van der Waals surface area contributed by atoms with Crippen LogP contribution in [-0.4, -0.2) is 27.2 Å². The summed E-state index contributed by atoms with van der Waals surface area (Å²) >= 11 is 0. The molecular weight excluding hydrogens is 242 g/mol. The van der Waals surface area contributed by atoms with Crippen LogP contribution in [0.3, 0.4) is 0 Å². The van der Waals surface area contributed by atoms with E-state index >= 15 is 0 Å². The molecule has 2 heterocycles. The molecule has 0 aliphatic heterocycles. The second-order valence-electron chi connectivity index (χ2n) is 4.36. The lowest BCUT2D eigenvalue weighted by molar-refractivity contribution is 0.866. The Morgan fingerprint density at radius 3 is 2.84 bits per heavy atom. The highest BCUT2D eigenvalue weighted by Crippen LogP contribution is 2.11. The summed E-state index contributed by atoms with van der Waals surface area (Å²) in [5.41, 5.74) is 1.46. The van der Waals surface area contributed by atoms with Gasteiger partial charge in [0, 0.05) is 13.6 Å². The van der Waals surface area contributed by atoms with Crippen LogP contribution in [0.15, 0.2) is 41.3 Å². The number of rotatable bonds is 3. The van der Waals surface area contributed by atoms with Crippen LogP contribution >= 0.6 is 0 Å². The van der Waals surface area contributed by atoms with Crippen molar-refractivity contribution < 1.29 is 0 Å². The van der Waals surface area contributed by atoms with Gasteiger partial charge in [0.25, 0.3) is 5.56 Å². The van der Waals surface area contributed by atoms with Gasteiger partial charge in [-0.2, -0.15) is 10.1 Å². The number of anilines is 1. The SMILES string of the molecule is CN(Cc1ccccc1)c1nc2[nH]ncc2c(=O)[nH]1. The second kappa shape index (κ2) is 4.56. The summed E-state index contributed by atoms with van der Waals surface area (Å²) in [6, 6.07) is 10.0. The Hall–Kier alpha value is -2.63. The average molecular weight is 255 g/mol. The van der Waals surface area contributed by atoms with Crippen LogP contribution in [0.25, 0.3) is 11.0 Å². The number of hydrogen-bond acceptors (Lipinski definition) is 4. The zero-order valence-corrected chi connectivity index (χ0v) is 10.4. The van der Waals surface area contributed by atoms with E-state index in [1.807, 2.05) is 42.3 Å². The Balaban J connectivity index is 1.93. The lowest BCUT2D eigenvalue weighted by Crippen LogP contribution is -2.22. The fourth-order valence-corrected chi connectivity index (χ4v) is 1.95. The normalized spacial score (nSPS) is 10.8. The minimum Gasteiger partial charge on any atom is -0.341 e. The molecule has 0 spiro atoms. The Bertz CT molecular complexity index is 746. The minimum absolute atomic E-state index is 0.186. The molecule has 0 atom stereocenters. The molecule has 3 rings (SSSR count). The summed E-state index contributed by atoms with van der Waals surface area (Å²) < 4.78 is 0. The van der Waals surface area contributed by atoms with E-state index in [1.165, 1.54) is 6.20 Å². The number of H-pyrrole nitrogens is 2. The van der Waals surface area contributed by atoms with Gasteiger partial charge in [-0.3, -0.25) is 14.9 Å². The molecule has 1 aromatic carbocycles. The van der Waals surface area contributed by atoms with Crippen LogP contribution in [0.4, 0.5) is 5.95 Å². The molecule has 19 heavy (non-hydrogen) atoms. The van der Waals surface area contributed by atoms with E-state index in [2.05, 4.69) is 20.2 Å². The zero-order valence-electron chi connectivity index (χ0n) is 10.4. The number of hydrogen-bond donors (Lipinski definition) is 2. The van der Waals surface area contributed by atoms with Crippen LogP contribution in [0.2, 0.25) is 0 Å². The number of aromatic nitrogens is 4. The number of nitrogens with zero attached hydrogens (tertiary/aromatic N) is 3. The van der Waals surface area contributed by atoms with E-state index in [9.17, 15) is 4.79 Å². The molecule has 0 saturated heterocycles. The highest BCUT2D eigenvalue weighted by molar-refractivity contribution is 5.73. The molecular formula is C13H13N5O. The predicted octanol–water partition coefficient (Wildman–Crippen LogP) is 1.28. The zero-order chi connectivity index (χ0) is 13.2. The third kappa shape index (κ3) is 2.20. The monoisotopic (exact) mass is 255 g/mol. The smallest absolute Gasteiger partial charge is 0.263 e. The number of aromatic amines is 2. The van der Waals surface area contributed by atoms with Crippen molar-refractivity contribution in [3.05, 3.63) is 52.4 Å². The largest absolute Gasteiger partial charge is 0.341 e. The van der Waals surface area contributed by atoms with E-state index in [1.54, 1.807) is 0 Å². The van der Waals surface area contributed by atoms with Gasteiger partial charge in [0.2, 0.25) is 5.95 Å². The summed E-state index contributed by atoms with van der Waals surface area (Å²) in [5, 5.41) is 7.00. The third-order valence-corrected chi connectivity index (χ3v) is 2.93. The molecule has 2 N–H and O–H groups in total. The molecule has 96 valence electrons. The number of fused-ring (bicyclic) bond motifs is 1. The summed E-state index contributed by atoms with van der Waals surface area (Å²) in [5.74, 6) is 0.519. The van der Waals surface area contributed by atoms with Crippen LogP contribution in [-0.2, 0) is 6.54 Å². The van der Waals surface area contributed by atoms with E-state index < -0.39 is 0 Å². The van der Waals surface area contributed by atoms with Gasteiger partial charge < -0.3 is 4.90 Å². The molecule has 0 aliphatic carbocycles. The maximum Gasteiger partial charge on any atom is 0.263 e. The van der Waals surface area contributed by atoms with Crippen molar-refractivity contribution in [2.45, 2.75) is 6.54 Å². The maximum absolute atomic E-state index is 11.8. The van der Waals surface area contributed by atoms with E-state index in [0.29, 0.717) is 23.5 Å². The summed E-state index contributed by atoms with van der Waals surface area (Å²) in [7, 11) is 1.88. The van der Waals surface area contributed by atoms with E-state index in [4.69, 9.17) is 0 Å². The molecule has 6 nitrogen and oxygen atoms in total. The first kappa shape index (κ1) is 11.5. The van der Waals surface area contributed by atoms with Gasteiger partial charge in [0.15, 0.2) is 5.65 Å². The highest BCUT2D eigenvalue weighted by atomic mass is 16.1. The Morgan fingerprint density at radius 1 is 1.26 bits per heavy atom. The quantitative estimate of drug-likeness (QED) is 0.739. The fraction of sp³-hybridized carbons (Fsp3) is 0.154. The first-order valence-electron chi connectivity index (χ1n) is 5.92.